The Kier molecular flexibility index (Phi) is 6.28. The minimum absolute atomic E-state index is 0. The molecule has 0 aromatic heterocycles. The second-order valence-corrected chi connectivity index (χ2v) is 8.09. The van der Waals surface area contributed by atoms with Gasteiger partial charge in [-0.15, -0.1) is 0 Å². The average Bonchev–Trinajstić information content (AvgIpc) is 2.99. The number of aliphatic imine (C=N–C) groups is 2. The first kappa shape index (κ1) is 22.0. The van der Waals surface area contributed by atoms with Crippen molar-refractivity contribution < 1.29 is 16.5 Å². The van der Waals surface area contributed by atoms with E-state index in [1.54, 1.807) is 0 Å². The molecule has 0 fully saturated rings. The third-order valence-electron chi connectivity index (χ3n) is 5.41. The number of hydrogen-bond acceptors (Lipinski definition) is 2. The van der Waals surface area contributed by atoms with Crippen LogP contribution in [0.3, 0.4) is 0 Å². The van der Waals surface area contributed by atoms with Crippen molar-refractivity contribution in [3.05, 3.63) is 93.0 Å². The van der Waals surface area contributed by atoms with Crippen LogP contribution in [-0.4, -0.2) is 11.7 Å². The van der Waals surface area contributed by atoms with Crippen molar-refractivity contribution in [1.29, 1.82) is 0 Å². The van der Waals surface area contributed by atoms with Gasteiger partial charge in [0.25, 0.3) is 0 Å². The number of anilines is 1. The summed E-state index contributed by atoms with van der Waals surface area (Å²) in [6, 6.07) is 17.1. The minimum atomic E-state index is 0. The normalized spacial score (nSPS) is 13.7. The van der Waals surface area contributed by atoms with E-state index in [1.165, 1.54) is 33.4 Å². The van der Waals surface area contributed by atoms with Gasteiger partial charge in [0.05, 0.1) is 5.69 Å². The van der Waals surface area contributed by atoms with Crippen LogP contribution >= 0.6 is 0 Å². The second-order valence-electron chi connectivity index (χ2n) is 8.09. The molecule has 0 spiro atoms. The van der Waals surface area contributed by atoms with Gasteiger partial charge >= 0.3 is 16.5 Å². The summed E-state index contributed by atoms with van der Waals surface area (Å²) < 4.78 is 0. The number of benzene rings is 3. The summed E-state index contributed by atoms with van der Waals surface area (Å²) in [6.45, 7) is 12.7. The van der Waals surface area contributed by atoms with Crippen molar-refractivity contribution in [2.75, 3.05) is 5.32 Å². The van der Waals surface area contributed by atoms with Crippen LogP contribution in [0.2, 0.25) is 0 Å². The van der Waals surface area contributed by atoms with Gasteiger partial charge in [0.2, 0.25) is 0 Å². The molecule has 0 atom stereocenters. The first-order valence-corrected chi connectivity index (χ1v) is 10.0. The predicted molar refractivity (Wildman–Crippen MR) is 124 cm³/mol. The van der Waals surface area contributed by atoms with Crippen LogP contribution in [0.5, 0.6) is 0 Å². The molecule has 1 aliphatic rings. The topological polar surface area (TPSA) is 36.8 Å². The van der Waals surface area contributed by atoms with Gasteiger partial charge < -0.3 is 5.32 Å². The Hall–Kier alpha value is -2.71. The fraction of sp³-hybridized carbons (Fsp3) is 0.231. The second kappa shape index (κ2) is 8.57. The molecular formula is C26H27N3Ni+2. The molecule has 0 radical (unpaired) electrons. The number of nitrogens with one attached hydrogen (secondary N) is 1. The maximum absolute atomic E-state index is 4.98. The molecule has 1 aliphatic heterocycles. The molecule has 0 saturated carbocycles. The van der Waals surface area contributed by atoms with E-state index in [2.05, 4.69) is 89.3 Å². The van der Waals surface area contributed by atoms with Gasteiger partial charge in [0.1, 0.15) is 5.84 Å². The first-order chi connectivity index (χ1) is 13.8. The Morgan fingerprint density at radius 3 is 1.77 bits per heavy atom. The summed E-state index contributed by atoms with van der Waals surface area (Å²) in [6.07, 6.45) is 0. The number of hydrogen-bond donors (Lipinski definition) is 1. The van der Waals surface area contributed by atoms with Crippen LogP contribution < -0.4 is 5.32 Å². The van der Waals surface area contributed by atoms with Gasteiger partial charge in [-0.3, -0.25) is 0 Å². The summed E-state index contributed by atoms with van der Waals surface area (Å²) in [5.74, 6) is 1.62. The van der Waals surface area contributed by atoms with Crippen molar-refractivity contribution in [2.45, 2.75) is 41.5 Å². The van der Waals surface area contributed by atoms with Gasteiger partial charge in [-0.2, -0.15) is 0 Å². The van der Waals surface area contributed by atoms with Gasteiger partial charge in [-0.25, -0.2) is 9.98 Å². The number of fused-ring (bicyclic) bond motifs is 1. The van der Waals surface area contributed by atoms with Crippen LogP contribution in [0, 0.1) is 41.5 Å². The molecular weight excluding hydrogens is 413 g/mol. The van der Waals surface area contributed by atoms with Crippen molar-refractivity contribution in [3.8, 4) is 0 Å². The largest absolute Gasteiger partial charge is 2.00 e. The van der Waals surface area contributed by atoms with E-state index >= 15 is 0 Å². The molecule has 1 heterocycles. The number of nitrogens with zero attached hydrogens (tertiary/aromatic N) is 2. The summed E-state index contributed by atoms with van der Waals surface area (Å²) in [4.78, 5) is 9.89. The maximum Gasteiger partial charge on any atom is 2.00 e. The smallest absolute Gasteiger partial charge is 0.339 e. The molecule has 4 heteroatoms. The summed E-state index contributed by atoms with van der Waals surface area (Å²) >= 11 is 0. The number of aryl methyl sites for hydroxylation is 6. The van der Waals surface area contributed by atoms with Gasteiger partial charge in [-0.1, -0.05) is 59.7 Å². The van der Waals surface area contributed by atoms with E-state index in [0.29, 0.717) is 0 Å². The van der Waals surface area contributed by atoms with Crippen LogP contribution in [0.25, 0.3) is 0 Å². The average molecular weight is 440 g/mol. The molecule has 3 aromatic carbocycles. The molecule has 0 unspecified atom stereocenters. The zero-order valence-corrected chi connectivity index (χ0v) is 19.3. The fourth-order valence-corrected chi connectivity index (χ4v) is 4.24. The van der Waals surface area contributed by atoms with Crippen LogP contribution in [0.1, 0.15) is 44.5 Å². The number of rotatable bonds is 2. The van der Waals surface area contributed by atoms with E-state index in [9.17, 15) is 0 Å². The zero-order chi connectivity index (χ0) is 20.7. The predicted octanol–water partition coefficient (Wildman–Crippen LogP) is 6.49. The van der Waals surface area contributed by atoms with Crippen molar-refractivity contribution in [3.63, 3.8) is 0 Å². The third kappa shape index (κ3) is 4.11. The van der Waals surface area contributed by atoms with Gasteiger partial charge in [0, 0.05) is 16.8 Å². The number of amidine groups is 2. The molecule has 0 amide bonds. The van der Waals surface area contributed by atoms with Crippen molar-refractivity contribution >= 4 is 23.0 Å². The molecule has 3 nitrogen and oxygen atoms in total. The van der Waals surface area contributed by atoms with Crippen molar-refractivity contribution in [2.24, 2.45) is 9.98 Å². The molecule has 30 heavy (non-hydrogen) atoms. The molecule has 4 rings (SSSR count). The summed E-state index contributed by atoms with van der Waals surface area (Å²) in [5, 5.41) is 3.58. The molecule has 1 N–H and O–H groups in total. The standard InChI is InChI=1S/C26H27N3.Ni/c1-15-11-17(3)23(18(4)12-15)27-25-21-9-7-8-10-22(21)26(29-25)28-24-19(5)13-16(2)14-20(24)6;/h7-14H,1-6H3,(H,27,28,29);/q;+2. The summed E-state index contributed by atoms with van der Waals surface area (Å²) in [5.41, 5.74) is 11.6. The maximum atomic E-state index is 4.98. The molecule has 154 valence electrons. The van der Waals surface area contributed by atoms with Gasteiger partial charge in [0.15, 0.2) is 5.84 Å². The minimum Gasteiger partial charge on any atom is -0.339 e. The Labute approximate surface area is 189 Å². The van der Waals surface area contributed by atoms with E-state index in [1.807, 2.05) is 6.07 Å². The Bertz CT molecular complexity index is 1140. The Morgan fingerprint density at radius 2 is 1.20 bits per heavy atom. The quantitative estimate of drug-likeness (QED) is 0.455. The first-order valence-electron chi connectivity index (χ1n) is 10.0. The van der Waals surface area contributed by atoms with Gasteiger partial charge in [-0.05, 0) is 63.8 Å². The molecule has 3 aromatic rings. The van der Waals surface area contributed by atoms with E-state index in [-0.39, 0.29) is 16.5 Å². The van der Waals surface area contributed by atoms with Crippen molar-refractivity contribution in [1.82, 2.24) is 0 Å². The van der Waals surface area contributed by atoms with Crippen LogP contribution in [0.4, 0.5) is 11.4 Å². The van der Waals surface area contributed by atoms with E-state index < -0.39 is 0 Å². The monoisotopic (exact) mass is 439 g/mol. The Morgan fingerprint density at radius 1 is 0.700 bits per heavy atom. The zero-order valence-electron chi connectivity index (χ0n) is 18.3. The van der Waals surface area contributed by atoms with Crippen LogP contribution in [-0.2, 0) is 16.5 Å². The molecule has 0 bridgehead atoms. The van der Waals surface area contributed by atoms with E-state index in [0.717, 1.165) is 34.2 Å². The Balaban J connectivity index is 0.00000256. The molecule has 0 aliphatic carbocycles. The SMILES string of the molecule is Cc1cc(C)c(N=C2N=C(Nc3c(C)cc(C)cc3C)c3ccccc32)c(C)c1.[Ni+2]. The van der Waals surface area contributed by atoms with E-state index in [4.69, 9.17) is 9.98 Å². The summed E-state index contributed by atoms with van der Waals surface area (Å²) in [7, 11) is 0. The van der Waals surface area contributed by atoms with Crippen LogP contribution in [0.15, 0.2) is 58.5 Å². The fourth-order valence-electron chi connectivity index (χ4n) is 4.24. The third-order valence-corrected chi connectivity index (χ3v) is 5.41. The molecule has 0 saturated heterocycles.